The van der Waals surface area contributed by atoms with E-state index in [1.54, 1.807) is 12.1 Å². The van der Waals surface area contributed by atoms with Crippen LogP contribution in [0.4, 0.5) is 17.5 Å². The van der Waals surface area contributed by atoms with Crippen molar-refractivity contribution in [3.8, 4) is 0 Å². The van der Waals surface area contributed by atoms with Gasteiger partial charge in [0.05, 0.1) is 15.8 Å². The van der Waals surface area contributed by atoms with Crippen LogP contribution in [0.3, 0.4) is 0 Å². The summed E-state index contributed by atoms with van der Waals surface area (Å²) in [4.78, 5) is 10.6. The van der Waals surface area contributed by atoms with Crippen LogP contribution in [0.1, 0.15) is 0 Å². The minimum absolute atomic E-state index is 0.126. The second-order valence-electron chi connectivity index (χ2n) is 6.48. The first-order valence-corrected chi connectivity index (χ1v) is 10.5. The molecule has 0 atom stereocenters. The second kappa shape index (κ2) is 7.08. The molecule has 2 aromatic carbocycles. The van der Waals surface area contributed by atoms with Crippen molar-refractivity contribution in [1.29, 1.82) is 0 Å². The number of sulfonamides is 1. The number of nitrogen functional groups attached to an aromatic ring is 2. The fourth-order valence-corrected chi connectivity index (χ4v) is 4.95. The van der Waals surface area contributed by atoms with Crippen LogP contribution in [0.5, 0.6) is 0 Å². The van der Waals surface area contributed by atoms with Crippen molar-refractivity contribution in [3.05, 3.63) is 47.5 Å². The van der Waals surface area contributed by atoms with Gasteiger partial charge in [0.1, 0.15) is 5.82 Å². The van der Waals surface area contributed by atoms with Crippen LogP contribution in [0.25, 0.3) is 10.9 Å². The standard InChI is InChI=1S/C18H19ClN6O2S/c19-12-4-6-13(7-5-12)28(26,27)25-10-8-24(9-11-25)15-3-1-2-14-16(15)17(20)23-18(21)22-14/h1-7H,8-11H2,(H4,20,21,22,23). The first kappa shape index (κ1) is 18.7. The van der Waals surface area contributed by atoms with E-state index < -0.39 is 10.0 Å². The SMILES string of the molecule is Nc1nc(N)c2c(N3CCN(S(=O)(=O)c4ccc(Cl)cc4)CC3)cccc2n1. The van der Waals surface area contributed by atoms with Crippen LogP contribution in [-0.2, 0) is 10.0 Å². The molecule has 0 unspecified atom stereocenters. The van der Waals surface area contributed by atoms with Crippen LogP contribution in [0.2, 0.25) is 5.02 Å². The minimum Gasteiger partial charge on any atom is -0.383 e. The average molecular weight is 419 g/mol. The van der Waals surface area contributed by atoms with Crippen LogP contribution >= 0.6 is 11.6 Å². The molecule has 0 aliphatic carbocycles. The summed E-state index contributed by atoms with van der Waals surface area (Å²) in [5.74, 6) is 0.440. The van der Waals surface area contributed by atoms with Gasteiger partial charge in [0.2, 0.25) is 16.0 Å². The van der Waals surface area contributed by atoms with E-state index in [4.69, 9.17) is 23.1 Å². The number of benzene rings is 2. The average Bonchev–Trinajstić information content (AvgIpc) is 2.67. The lowest BCUT2D eigenvalue weighted by atomic mass is 10.1. The van der Waals surface area contributed by atoms with Gasteiger partial charge >= 0.3 is 0 Å². The number of nitrogens with two attached hydrogens (primary N) is 2. The van der Waals surface area contributed by atoms with Crippen LogP contribution in [-0.4, -0.2) is 48.9 Å². The van der Waals surface area contributed by atoms with E-state index in [-0.39, 0.29) is 10.8 Å². The first-order valence-electron chi connectivity index (χ1n) is 8.68. The van der Waals surface area contributed by atoms with Crippen molar-refractivity contribution in [2.24, 2.45) is 0 Å². The zero-order chi connectivity index (χ0) is 19.9. The lowest BCUT2D eigenvalue weighted by molar-refractivity contribution is 0.385. The van der Waals surface area contributed by atoms with Crippen molar-refractivity contribution in [1.82, 2.24) is 14.3 Å². The Balaban J connectivity index is 1.58. The van der Waals surface area contributed by atoms with E-state index in [0.29, 0.717) is 42.5 Å². The topological polar surface area (TPSA) is 118 Å². The fourth-order valence-electron chi connectivity index (χ4n) is 3.40. The Morgan fingerprint density at radius 1 is 0.929 bits per heavy atom. The summed E-state index contributed by atoms with van der Waals surface area (Å²) in [6.07, 6.45) is 0. The third kappa shape index (κ3) is 3.32. The van der Waals surface area contributed by atoms with Gasteiger partial charge in [-0.05, 0) is 36.4 Å². The molecule has 0 spiro atoms. The molecule has 0 radical (unpaired) electrons. The van der Waals surface area contributed by atoms with E-state index in [0.717, 1.165) is 11.1 Å². The number of rotatable bonds is 3. The van der Waals surface area contributed by atoms with Crippen molar-refractivity contribution in [2.45, 2.75) is 4.90 Å². The Hall–Kier alpha value is -2.62. The summed E-state index contributed by atoms with van der Waals surface area (Å²) >= 11 is 5.86. The molecule has 1 aliphatic heterocycles. The highest BCUT2D eigenvalue weighted by Crippen LogP contribution is 2.31. The van der Waals surface area contributed by atoms with Gasteiger partial charge in [-0.2, -0.15) is 9.29 Å². The third-order valence-electron chi connectivity index (χ3n) is 4.78. The van der Waals surface area contributed by atoms with Gasteiger partial charge in [-0.3, -0.25) is 0 Å². The number of fused-ring (bicyclic) bond motifs is 1. The number of halogens is 1. The Kier molecular flexibility index (Phi) is 4.74. The normalized spacial score (nSPS) is 15.8. The predicted molar refractivity (Wildman–Crippen MR) is 111 cm³/mol. The van der Waals surface area contributed by atoms with Gasteiger partial charge in [0.15, 0.2) is 0 Å². The van der Waals surface area contributed by atoms with E-state index in [2.05, 4.69) is 14.9 Å². The minimum atomic E-state index is -3.56. The molecule has 10 heteroatoms. The van der Waals surface area contributed by atoms with Gasteiger partial charge in [0, 0.05) is 36.9 Å². The number of piperazine rings is 1. The number of hydrogen-bond acceptors (Lipinski definition) is 7. The highest BCUT2D eigenvalue weighted by atomic mass is 35.5. The maximum absolute atomic E-state index is 12.9. The van der Waals surface area contributed by atoms with Crippen LogP contribution < -0.4 is 16.4 Å². The van der Waals surface area contributed by atoms with E-state index in [9.17, 15) is 8.42 Å². The van der Waals surface area contributed by atoms with Crippen molar-refractivity contribution < 1.29 is 8.42 Å². The van der Waals surface area contributed by atoms with Crippen LogP contribution in [0.15, 0.2) is 47.4 Å². The molecular weight excluding hydrogens is 400 g/mol. The molecule has 0 amide bonds. The number of aromatic nitrogens is 2. The Morgan fingerprint density at radius 3 is 2.29 bits per heavy atom. The summed E-state index contributed by atoms with van der Waals surface area (Å²) < 4.78 is 27.2. The Morgan fingerprint density at radius 2 is 1.61 bits per heavy atom. The van der Waals surface area contributed by atoms with Gasteiger partial charge in [-0.25, -0.2) is 13.4 Å². The van der Waals surface area contributed by atoms with Crippen molar-refractivity contribution in [2.75, 3.05) is 42.5 Å². The van der Waals surface area contributed by atoms with Gasteiger partial charge in [0.25, 0.3) is 0 Å². The fraction of sp³-hybridized carbons (Fsp3) is 0.222. The smallest absolute Gasteiger partial charge is 0.243 e. The zero-order valence-corrected chi connectivity index (χ0v) is 16.5. The summed E-state index contributed by atoms with van der Waals surface area (Å²) in [7, 11) is -3.56. The Labute approximate surface area is 167 Å². The second-order valence-corrected chi connectivity index (χ2v) is 8.86. The van der Waals surface area contributed by atoms with E-state index in [1.165, 1.54) is 16.4 Å². The molecule has 8 nitrogen and oxygen atoms in total. The van der Waals surface area contributed by atoms with Gasteiger partial charge < -0.3 is 16.4 Å². The molecule has 3 aromatic rings. The largest absolute Gasteiger partial charge is 0.383 e. The highest BCUT2D eigenvalue weighted by molar-refractivity contribution is 7.89. The molecule has 0 saturated carbocycles. The zero-order valence-electron chi connectivity index (χ0n) is 14.9. The molecule has 1 saturated heterocycles. The predicted octanol–water partition coefficient (Wildman–Crippen LogP) is 1.96. The maximum atomic E-state index is 12.9. The maximum Gasteiger partial charge on any atom is 0.243 e. The van der Waals surface area contributed by atoms with E-state index in [1.807, 2.05) is 18.2 Å². The molecule has 1 aliphatic rings. The molecule has 4 rings (SSSR count). The molecule has 1 fully saturated rings. The van der Waals surface area contributed by atoms with Crippen molar-refractivity contribution >= 4 is 50.0 Å². The quantitative estimate of drug-likeness (QED) is 0.667. The van der Waals surface area contributed by atoms with Gasteiger partial charge in [-0.1, -0.05) is 17.7 Å². The molecule has 4 N–H and O–H groups in total. The summed E-state index contributed by atoms with van der Waals surface area (Å²) in [6.45, 7) is 1.76. The number of hydrogen-bond donors (Lipinski definition) is 2. The summed E-state index contributed by atoms with van der Waals surface area (Å²) in [5, 5.41) is 1.23. The Bertz CT molecular complexity index is 1130. The van der Waals surface area contributed by atoms with Crippen molar-refractivity contribution in [3.63, 3.8) is 0 Å². The van der Waals surface area contributed by atoms with Crippen LogP contribution in [0, 0.1) is 0 Å². The molecule has 28 heavy (non-hydrogen) atoms. The lowest BCUT2D eigenvalue weighted by Gasteiger charge is -2.36. The molecule has 146 valence electrons. The van der Waals surface area contributed by atoms with E-state index >= 15 is 0 Å². The highest BCUT2D eigenvalue weighted by Gasteiger charge is 2.29. The molecule has 1 aromatic heterocycles. The molecule has 0 bridgehead atoms. The first-order chi connectivity index (χ1) is 13.4. The number of nitrogens with zero attached hydrogens (tertiary/aromatic N) is 4. The molecule has 2 heterocycles. The molecular formula is C18H19ClN6O2S. The number of anilines is 3. The lowest BCUT2D eigenvalue weighted by Crippen LogP contribution is -2.48. The monoisotopic (exact) mass is 418 g/mol. The summed E-state index contributed by atoms with van der Waals surface area (Å²) in [5.41, 5.74) is 13.3. The summed E-state index contributed by atoms with van der Waals surface area (Å²) in [6, 6.07) is 11.8. The van der Waals surface area contributed by atoms with Gasteiger partial charge in [-0.15, -0.1) is 0 Å². The third-order valence-corrected chi connectivity index (χ3v) is 6.94.